The SMILES string of the molecule is CCC(O)CCC(=O)OC(CC(=O)[O-])C[N+](C)(C)C. The minimum atomic E-state index is -1.24. The van der Waals surface area contributed by atoms with Gasteiger partial charge in [-0.2, -0.15) is 0 Å². The zero-order valence-corrected chi connectivity index (χ0v) is 12.2. The van der Waals surface area contributed by atoms with E-state index in [9.17, 15) is 19.8 Å². The van der Waals surface area contributed by atoms with Crippen LogP contribution in [0.5, 0.6) is 0 Å². The van der Waals surface area contributed by atoms with Crippen LogP contribution in [0.15, 0.2) is 0 Å². The first-order chi connectivity index (χ1) is 8.64. The number of likely N-dealkylation sites (N-methyl/N-ethyl adjacent to an activating group) is 1. The van der Waals surface area contributed by atoms with E-state index >= 15 is 0 Å². The van der Waals surface area contributed by atoms with E-state index in [0.717, 1.165) is 0 Å². The predicted molar refractivity (Wildman–Crippen MR) is 67.9 cm³/mol. The van der Waals surface area contributed by atoms with Crippen LogP contribution < -0.4 is 5.11 Å². The van der Waals surface area contributed by atoms with Crippen LogP contribution in [-0.2, 0) is 14.3 Å². The van der Waals surface area contributed by atoms with Gasteiger partial charge in [0.1, 0.15) is 6.54 Å². The molecule has 0 radical (unpaired) electrons. The predicted octanol–water partition coefficient (Wildman–Crippen LogP) is -0.704. The zero-order valence-electron chi connectivity index (χ0n) is 12.2. The van der Waals surface area contributed by atoms with Gasteiger partial charge in [-0.1, -0.05) is 6.92 Å². The molecular formula is C13H25NO5. The van der Waals surface area contributed by atoms with E-state index in [1.165, 1.54) is 0 Å². The molecule has 0 bridgehead atoms. The molecule has 0 aromatic carbocycles. The maximum absolute atomic E-state index is 11.6. The highest BCUT2D eigenvalue weighted by molar-refractivity contribution is 5.70. The minimum Gasteiger partial charge on any atom is -0.550 e. The van der Waals surface area contributed by atoms with Gasteiger partial charge in [0.2, 0.25) is 0 Å². The maximum Gasteiger partial charge on any atom is 0.306 e. The van der Waals surface area contributed by atoms with Crippen LogP contribution in [-0.4, -0.2) is 61.4 Å². The van der Waals surface area contributed by atoms with Crippen molar-refractivity contribution in [1.29, 1.82) is 0 Å². The average molecular weight is 275 g/mol. The normalized spacial score (nSPS) is 14.8. The van der Waals surface area contributed by atoms with Gasteiger partial charge in [0.25, 0.3) is 0 Å². The molecule has 0 aromatic rings. The summed E-state index contributed by atoms with van der Waals surface area (Å²) < 4.78 is 5.63. The summed E-state index contributed by atoms with van der Waals surface area (Å²) in [5.41, 5.74) is 0. The summed E-state index contributed by atoms with van der Waals surface area (Å²) in [6.07, 6.45) is -0.526. The Hall–Kier alpha value is -1.14. The molecule has 2 unspecified atom stereocenters. The summed E-state index contributed by atoms with van der Waals surface area (Å²) in [4.78, 5) is 22.2. The lowest BCUT2D eigenvalue weighted by molar-refractivity contribution is -0.873. The fourth-order valence-electron chi connectivity index (χ4n) is 1.67. The fraction of sp³-hybridized carbons (Fsp3) is 0.846. The smallest absolute Gasteiger partial charge is 0.306 e. The number of esters is 1. The molecule has 2 atom stereocenters. The first kappa shape index (κ1) is 17.9. The van der Waals surface area contributed by atoms with E-state index in [1.54, 1.807) is 0 Å². The number of ether oxygens (including phenoxy) is 1. The standard InChI is InChI=1S/C13H25NO5/c1-5-10(15)6-7-13(18)19-11(8-12(16)17)9-14(2,3)4/h10-11,15H,5-9H2,1-4H3. The number of hydrogen-bond donors (Lipinski definition) is 1. The van der Waals surface area contributed by atoms with Crippen molar-refractivity contribution in [2.75, 3.05) is 27.7 Å². The van der Waals surface area contributed by atoms with Gasteiger partial charge in [-0.25, -0.2) is 0 Å². The summed E-state index contributed by atoms with van der Waals surface area (Å²) in [6, 6.07) is 0. The Balaban J connectivity index is 4.30. The molecule has 112 valence electrons. The highest BCUT2D eigenvalue weighted by Crippen LogP contribution is 2.08. The van der Waals surface area contributed by atoms with Crippen LogP contribution in [0.1, 0.15) is 32.6 Å². The molecule has 19 heavy (non-hydrogen) atoms. The molecule has 0 amide bonds. The van der Waals surface area contributed by atoms with Crippen molar-refractivity contribution in [3.05, 3.63) is 0 Å². The highest BCUT2D eigenvalue weighted by atomic mass is 16.5. The minimum absolute atomic E-state index is 0.0930. The fourth-order valence-corrected chi connectivity index (χ4v) is 1.67. The molecule has 0 aliphatic carbocycles. The molecule has 0 saturated heterocycles. The second-order valence-electron chi connectivity index (χ2n) is 5.76. The second kappa shape index (κ2) is 8.12. The Morgan fingerprint density at radius 1 is 1.32 bits per heavy atom. The van der Waals surface area contributed by atoms with E-state index in [-0.39, 0.29) is 12.8 Å². The average Bonchev–Trinajstić information content (AvgIpc) is 2.22. The van der Waals surface area contributed by atoms with E-state index in [2.05, 4.69) is 0 Å². The number of carbonyl (C=O) groups is 2. The number of aliphatic carboxylic acids is 1. The Labute approximate surface area is 114 Å². The van der Waals surface area contributed by atoms with Crippen molar-refractivity contribution in [2.24, 2.45) is 0 Å². The van der Waals surface area contributed by atoms with Crippen LogP contribution in [0, 0.1) is 0 Å². The van der Waals surface area contributed by atoms with Gasteiger partial charge in [0.05, 0.1) is 27.2 Å². The molecule has 0 saturated carbocycles. The lowest BCUT2D eigenvalue weighted by atomic mass is 10.1. The third kappa shape index (κ3) is 10.5. The van der Waals surface area contributed by atoms with Crippen LogP contribution in [0.25, 0.3) is 0 Å². The first-order valence-electron chi connectivity index (χ1n) is 6.52. The Bertz CT molecular complexity index is 298. The second-order valence-corrected chi connectivity index (χ2v) is 5.76. The summed E-state index contributed by atoms with van der Waals surface area (Å²) in [6.45, 7) is 2.22. The zero-order chi connectivity index (χ0) is 15.1. The van der Waals surface area contributed by atoms with Gasteiger partial charge in [-0.15, -0.1) is 0 Å². The van der Waals surface area contributed by atoms with Crippen LogP contribution in [0.4, 0.5) is 0 Å². The summed E-state index contributed by atoms with van der Waals surface area (Å²) >= 11 is 0. The molecule has 0 heterocycles. The molecular weight excluding hydrogens is 250 g/mol. The lowest BCUT2D eigenvalue weighted by Crippen LogP contribution is -2.45. The van der Waals surface area contributed by atoms with Gasteiger partial charge in [-0.3, -0.25) is 4.79 Å². The highest BCUT2D eigenvalue weighted by Gasteiger charge is 2.22. The summed E-state index contributed by atoms with van der Waals surface area (Å²) in [5.74, 6) is -1.72. The van der Waals surface area contributed by atoms with Gasteiger partial charge < -0.3 is 24.2 Å². The molecule has 0 aromatic heterocycles. The number of quaternary nitrogens is 1. The van der Waals surface area contributed by atoms with Crippen LogP contribution in [0.3, 0.4) is 0 Å². The number of nitrogens with zero attached hydrogens (tertiary/aromatic N) is 1. The van der Waals surface area contributed by atoms with Crippen LogP contribution >= 0.6 is 0 Å². The third-order valence-electron chi connectivity index (χ3n) is 2.60. The Kier molecular flexibility index (Phi) is 7.63. The van der Waals surface area contributed by atoms with Crippen molar-refractivity contribution in [1.82, 2.24) is 0 Å². The first-order valence-corrected chi connectivity index (χ1v) is 6.52. The van der Waals surface area contributed by atoms with Gasteiger partial charge in [0, 0.05) is 18.8 Å². The molecule has 6 nitrogen and oxygen atoms in total. The van der Waals surface area contributed by atoms with Gasteiger partial charge >= 0.3 is 5.97 Å². The van der Waals surface area contributed by atoms with E-state index in [1.807, 2.05) is 28.1 Å². The maximum atomic E-state index is 11.6. The van der Waals surface area contributed by atoms with Crippen molar-refractivity contribution < 1.29 is 29.0 Å². The molecule has 0 aliphatic rings. The Morgan fingerprint density at radius 3 is 2.32 bits per heavy atom. The number of aliphatic hydroxyl groups is 1. The third-order valence-corrected chi connectivity index (χ3v) is 2.60. The molecule has 1 N–H and O–H groups in total. The van der Waals surface area contributed by atoms with E-state index in [4.69, 9.17) is 4.74 Å². The number of aliphatic hydroxyl groups excluding tert-OH is 1. The van der Waals surface area contributed by atoms with Crippen molar-refractivity contribution in [3.63, 3.8) is 0 Å². The monoisotopic (exact) mass is 275 g/mol. The molecule has 0 aliphatic heterocycles. The molecule has 6 heteroatoms. The largest absolute Gasteiger partial charge is 0.550 e. The van der Waals surface area contributed by atoms with Crippen molar-refractivity contribution in [2.45, 2.75) is 44.8 Å². The number of rotatable bonds is 9. The number of carbonyl (C=O) groups excluding carboxylic acids is 2. The van der Waals surface area contributed by atoms with Crippen molar-refractivity contribution in [3.8, 4) is 0 Å². The lowest BCUT2D eigenvalue weighted by Gasteiger charge is -2.29. The van der Waals surface area contributed by atoms with Gasteiger partial charge in [-0.05, 0) is 12.8 Å². The topological polar surface area (TPSA) is 86.7 Å². The quantitative estimate of drug-likeness (QED) is 0.444. The molecule has 0 rings (SSSR count). The van der Waals surface area contributed by atoms with Crippen molar-refractivity contribution >= 4 is 11.9 Å². The van der Waals surface area contributed by atoms with Crippen LogP contribution in [0.2, 0.25) is 0 Å². The molecule has 0 spiro atoms. The number of carboxylic acid groups (broad SMARTS) is 1. The number of hydrogen-bond acceptors (Lipinski definition) is 5. The molecule has 0 fully saturated rings. The summed E-state index contributed by atoms with van der Waals surface area (Å²) in [5, 5.41) is 20.0. The van der Waals surface area contributed by atoms with E-state index < -0.39 is 24.1 Å². The Morgan fingerprint density at radius 2 is 1.89 bits per heavy atom. The van der Waals surface area contributed by atoms with E-state index in [0.29, 0.717) is 23.9 Å². The summed E-state index contributed by atoms with van der Waals surface area (Å²) in [7, 11) is 5.66. The van der Waals surface area contributed by atoms with Gasteiger partial charge in [0.15, 0.2) is 6.10 Å². The number of carboxylic acids is 1.